The molecule has 1 aromatic heterocycles. The Morgan fingerprint density at radius 2 is 2.23 bits per heavy atom. The van der Waals surface area contributed by atoms with Crippen molar-refractivity contribution in [1.82, 2.24) is 9.88 Å². The molecule has 1 aliphatic heterocycles. The molecule has 6 heteroatoms. The molecule has 1 saturated heterocycles. The van der Waals surface area contributed by atoms with Gasteiger partial charge in [-0.15, -0.1) is 11.8 Å². The number of carbonyl (C=O) groups is 1. The van der Waals surface area contributed by atoms with Crippen molar-refractivity contribution in [3.63, 3.8) is 0 Å². The maximum atomic E-state index is 12.3. The molecule has 1 atom stereocenters. The number of amides is 1. The van der Waals surface area contributed by atoms with Crippen molar-refractivity contribution >= 4 is 17.9 Å². The molecular weight excluding hydrogens is 300 g/mol. The highest BCUT2D eigenvalue weighted by Crippen LogP contribution is 2.27. The van der Waals surface area contributed by atoms with Crippen LogP contribution >= 0.6 is 11.8 Å². The Kier molecular flexibility index (Phi) is 5.56. The first kappa shape index (κ1) is 16.9. The predicted molar refractivity (Wildman–Crippen MR) is 87.2 cm³/mol. The summed E-state index contributed by atoms with van der Waals surface area (Å²) in [6.45, 7) is 6.43. The fourth-order valence-corrected chi connectivity index (χ4v) is 3.41. The van der Waals surface area contributed by atoms with E-state index in [1.54, 1.807) is 24.0 Å². The van der Waals surface area contributed by atoms with Crippen LogP contribution in [0.1, 0.15) is 40.0 Å². The second-order valence-electron chi connectivity index (χ2n) is 6.49. The van der Waals surface area contributed by atoms with Gasteiger partial charge in [-0.2, -0.15) is 0 Å². The molecule has 5 nitrogen and oxygen atoms in total. The zero-order valence-electron chi connectivity index (χ0n) is 13.4. The fourth-order valence-electron chi connectivity index (χ4n) is 2.39. The summed E-state index contributed by atoms with van der Waals surface area (Å²) in [5.41, 5.74) is -0.465. The summed E-state index contributed by atoms with van der Waals surface area (Å²) in [6.07, 6.45) is 4.60. The van der Waals surface area contributed by atoms with E-state index in [-0.39, 0.29) is 18.0 Å². The van der Waals surface area contributed by atoms with E-state index < -0.39 is 5.60 Å². The van der Waals surface area contributed by atoms with Gasteiger partial charge in [-0.05, 0) is 46.1 Å². The largest absolute Gasteiger partial charge is 0.493 e. The Bertz CT molecular complexity index is 499. The van der Waals surface area contributed by atoms with Gasteiger partial charge >= 0.3 is 6.09 Å². The lowest BCUT2D eigenvalue weighted by Gasteiger charge is -2.36. The van der Waals surface area contributed by atoms with E-state index in [1.165, 1.54) is 0 Å². The number of ether oxygens (including phenoxy) is 1. The van der Waals surface area contributed by atoms with Gasteiger partial charge in [-0.25, -0.2) is 9.78 Å². The van der Waals surface area contributed by atoms with Gasteiger partial charge in [-0.1, -0.05) is 0 Å². The van der Waals surface area contributed by atoms with Crippen LogP contribution in [0.15, 0.2) is 23.2 Å². The first-order chi connectivity index (χ1) is 10.3. The average Bonchev–Trinajstić information content (AvgIpc) is 2.45. The molecule has 0 radical (unpaired) electrons. The monoisotopic (exact) mass is 324 g/mol. The first-order valence-electron chi connectivity index (χ1n) is 7.62. The molecule has 0 aromatic carbocycles. The van der Waals surface area contributed by atoms with E-state index in [9.17, 15) is 9.90 Å². The molecule has 2 rings (SSSR count). The van der Waals surface area contributed by atoms with Crippen LogP contribution in [0.3, 0.4) is 0 Å². The van der Waals surface area contributed by atoms with Crippen LogP contribution in [0.4, 0.5) is 4.79 Å². The Morgan fingerprint density at radius 1 is 1.45 bits per heavy atom. The predicted octanol–water partition coefficient (Wildman–Crippen LogP) is 3.67. The lowest BCUT2D eigenvalue weighted by atomic mass is 10.0. The quantitative estimate of drug-likeness (QED) is 0.860. The van der Waals surface area contributed by atoms with Gasteiger partial charge in [0.2, 0.25) is 5.88 Å². The zero-order valence-corrected chi connectivity index (χ0v) is 14.2. The van der Waals surface area contributed by atoms with E-state index in [0.29, 0.717) is 0 Å². The smallest absolute Gasteiger partial charge is 0.410 e. The van der Waals surface area contributed by atoms with Gasteiger partial charge in [0.25, 0.3) is 0 Å². The molecule has 0 aliphatic carbocycles. The maximum Gasteiger partial charge on any atom is 0.410 e. The summed E-state index contributed by atoms with van der Waals surface area (Å²) < 4.78 is 5.51. The van der Waals surface area contributed by atoms with Gasteiger partial charge in [0.05, 0.1) is 0 Å². The van der Waals surface area contributed by atoms with Crippen molar-refractivity contribution in [3.05, 3.63) is 18.3 Å². The molecule has 22 heavy (non-hydrogen) atoms. The van der Waals surface area contributed by atoms with Crippen molar-refractivity contribution in [3.8, 4) is 5.88 Å². The van der Waals surface area contributed by atoms with Gasteiger partial charge in [-0.3, -0.25) is 0 Å². The van der Waals surface area contributed by atoms with Crippen LogP contribution in [-0.2, 0) is 4.74 Å². The van der Waals surface area contributed by atoms with Crippen molar-refractivity contribution in [2.75, 3.05) is 12.3 Å². The SMILES string of the molecule is CC(C)(C)OC(=O)N1CCCCC1CSc1ccc(O)nc1. The molecule has 1 amide bonds. The van der Waals surface area contributed by atoms with E-state index in [0.717, 1.165) is 36.5 Å². The van der Waals surface area contributed by atoms with Crippen molar-refractivity contribution in [1.29, 1.82) is 0 Å². The standard InChI is InChI=1S/C16H24N2O3S/c1-16(2,3)21-15(20)18-9-5-4-6-12(18)11-22-13-7-8-14(19)17-10-13/h7-8,10,12H,4-6,9,11H2,1-3H3,(H,17,19). The molecule has 1 aliphatic rings. The molecule has 0 saturated carbocycles. The third-order valence-electron chi connectivity index (χ3n) is 3.42. The summed E-state index contributed by atoms with van der Waals surface area (Å²) in [6, 6.07) is 3.60. The van der Waals surface area contributed by atoms with E-state index in [4.69, 9.17) is 4.74 Å². The minimum Gasteiger partial charge on any atom is -0.493 e. The molecule has 1 N–H and O–H groups in total. The number of aromatic hydroxyl groups is 1. The van der Waals surface area contributed by atoms with Gasteiger partial charge in [0.15, 0.2) is 0 Å². The maximum absolute atomic E-state index is 12.3. The molecule has 122 valence electrons. The number of piperidine rings is 1. The summed E-state index contributed by atoms with van der Waals surface area (Å²) in [4.78, 5) is 19.1. The zero-order chi connectivity index (χ0) is 16.2. The van der Waals surface area contributed by atoms with Gasteiger partial charge < -0.3 is 14.7 Å². The summed E-state index contributed by atoms with van der Waals surface area (Å²) >= 11 is 1.65. The third kappa shape index (κ3) is 5.09. The lowest BCUT2D eigenvalue weighted by molar-refractivity contribution is 0.0126. The third-order valence-corrected chi connectivity index (χ3v) is 4.54. The summed E-state index contributed by atoms with van der Waals surface area (Å²) in [5, 5.41) is 9.21. The van der Waals surface area contributed by atoms with Crippen LogP contribution < -0.4 is 0 Å². The molecule has 1 fully saturated rings. The van der Waals surface area contributed by atoms with E-state index in [1.807, 2.05) is 31.7 Å². The second kappa shape index (κ2) is 7.22. The first-order valence-corrected chi connectivity index (χ1v) is 8.61. The normalized spacial score (nSPS) is 19.0. The van der Waals surface area contributed by atoms with Crippen LogP contribution in [0, 0.1) is 0 Å². The lowest BCUT2D eigenvalue weighted by Crippen LogP contribution is -2.47. The number of aromatic nitrogens is 1. The van der Waals surface area contributed by atoms with Gasteiger partial charge in [0, 0.05) is 35.5 Å². The number of carbonyl (C=O) groups excluding carboxylic acids is 1. The van der Waals surface area contributed by atoms with E-state index >= 15 is 0 Å². The van der Waals surface area contributed by atoms with Crippen LogP contribution in [0.25, 0.3) is 0 Å². The topological polar surface area (TPSA) is 62.7 Å². The number of rotatable bonds is 3. The number of likely N-dealkylation sites (tertiary alicyclic amines) is 1. The summed E-state index contributed by atoms with van der Waals surface area (Å²) in [5.74, 6) is 0.837. The summed E-state index contributed by atoms with van der Waals surface area (Å²) in [7, 11) is 0. The number of thioether (sulfide) groups is 1. The Balaban J connectivity index is 1.94. The molecule has 0 spiro atoms. The van der Waals surface area contributed by atoms with Crippen molar-refractivity contribution in [2.24, 2.45) is 0 Å². The number of hydrogen-bond acceptors (Lipinski definition) is 5. The van der Waals surface area contributed by atoms with Crippen molar-refractivity contribution in [2.45, 2.75) is 56.6 Å². The molecule has 1 aromatic rings. The Labute approximate surface area is 136 Å². The highest BCUT2D eigenvalue weighted by molar-refractivity contribution is 7.99. The fraction of sp³-hybridized carbons (Fsp3) is 0.625. The van der Waals surface area contributed by atoms with Crippen LogP contribution in [-0.4, -0.2) is 45.0 Å². The highest BCUT2D eigenvalue weighted by atomic mass is 32.2. The minimum atomic E-state index is -0.465. The molecule has 2 heterocycles. The molecule has 1 unspecified atom stereocenters. The highest BCUT2D eigenvalue weighted by Gasteiger charge is 2.30. The number of nitrogens with zero attached hydrogens (tertiary/aromatic N) is 2. The average molecular weight is 324 g/mol. The number of pyridine rings is 1. The molecule has 0 bridgehead atoms. The Hall–Kier alpha value is -1.43. The molecular formula is C16H24N2O3S. The number of hydrogen-bond donors (Lipinski definition) is 1. The van der Waals surface area contributed by atoms with E-state index in [2.05, 4.69) is 4.98 Å². The van der Waals surface area contributed by atoms with Crippen LogP contribution in [0.2, 0.25) is 0 Å². The van der Waals surface area contributed by atoms with Crippen molar-refractivity contribution < 1.29 is 14.6 Å². The Morgan fingerprint density at radius 3 is 2.86 bits per heavy atom. The van der Waals surface area contributed by atoms with Crippen LogP contribution in [0.5, 0.6) is 5.88 Å². The minimum absolute atomic E-state index is 0.0254. The second-order valence-corrected chi connectivity index (χ2v) is 7.58. The van der Waals surface area contributed by atoms with Gasteiger partial charge in [0.1, 0.15) is 5.60 Å².